The normalized spacial score (nSPS) is 11.7. The molecule has 9 heteroatoms. The number of hydrogen-bond acceptors (Lipinski definition) is 7. The van der Waals surface area contributed by atoms with Gasteiger partial charge in [-0.05, 0) is 36.4 Å². The predicted molar refractivity (Wildman–Crippen MR) is 83.1 cm³/mol. The molecule has 0 saturated carbocycles. The van der Waals surface area contributed by atoms with Gasteiger partial charge in [-0.3, -0.25) is 0 Å². The van der Waals surface area contributed by atoms with Crippen LogP contribution < -0.4 is 11.5 Å². The zero-order chi connectivity index (χ0) is 15.9. The number of fused-ring (bicyclic) bond motifs is 1. The van der Waals surface area contributed by atoms with Crippen molar-refractivity contribution in [1.82, 2.24) is 15.0 Å². The number of hydrogen-bond donors (Lipinski definition) is 2. The predicted octanol–water partition coefficient (Wildman–Crippen LogP) is 1.68. The molecule has 2 heterocycles. The lowest BCUT2D eigenvalue weighted by atomic mass is 10.3. The minimum Gasteiger partial charge on any atom is -0.382 e. The lowest BCUT2D eigenvalue weighted by molar-refractivity contribution is 0.593. The Morgan fingerprint density at radius 2 is 1.59 bits per heavy atom. The number of anilines is 2. The fourth-order valence-electron chi connectivity index (χ4n) is 1.92. The highest BCUT2D eigenvalue weighted by molar-refractivity contribution is 7.91. The van der Waals surface area contributed by atoms with Crippen LogP contribution in [0.1, 0.15) is 0 Å². The van der Waals surface area contributed by atoms with Crippen LogP contribution in [0.25, 0.3) is 11.0 Å². The molecule has 1 aromatic carbocycles. The molecule has 0 aliphatic heterocycles. The number of nitrogens with zero attached hydrogens (tertiary/aromatic N) is 3. The quantitative estimate of drug-likeness (QED) is 0.729. The molecule has 0 bridgehead atoms. The summed E-state index contributed by atoms with van der Waals surface area (Å²) < 4.78 is 25.1. The first-order valence-corrected chi connectivity index (χ1v) is 7.94. The van der Waals surface area contributed by atoms with Crippen LogP contribution in [-0.2, 0) is 9.84 Å². The SMILES string of the molecule is Nc1nc(N)c2nc(S(=O)(=O)c3ccc(Cl)cc3)ccc2n1. The highest BCUT2D eigenvalue weighted by atomic mass is 35.5. The summed E-state index contributed by atoms with van der Waals surface area (Å²) in [4.78, 5) is 11.9. The monoisotopic (exact) mass is 335 g/mol. The molecule has 0 atom stereocenters. The molecule has 3 rings (SSSR count). The summed E-state index contributed by atoms with van der Waals surface area (Å²) in [5.74, 6) is 0.0239. The first-order valence-electron chi connectivity index (χ1n) is 6.08. The summed E-state index contributed by atoms with van der Waals surface area (Å²) in [5, 5.41) is 0.293. The van der Waals surface area contributed by atoms with Gasteiger partial charge in [0.15, 0.2) is 10.8 Å². The Bertz CT molecular complexity index is 974. The Morgan fingerprint density at radius 1 is 0.909 bits per heavy atom. The van der Waals surface area contributed by atoms with Crippen molar-refractivity contribution in [3.8, 4) is 0 Å². The van der Waals surface area contributed by atoms with Crippen LogP contribution in [0.5, 0.6) is 0 Å². The molecule has 0 unspecified atom stereocenters. The molecule has 0 fully saturated rings. The van der Waals surface area contributed by atoms with Gasteiger partial charge in [0, 0.05) is 5.02 Å². The van der Waals surface area contributed by atoms with E-state index in [1.807, 2.05) is 0 Å². The largest absolute Gasteiger partial charge is 0.382 e. The first kappa shape index (κ1) is 14.5. The van der Waals surface area contributed by atoms with Crippen molar-refractivity contribution in [3.05, 3.63) is 41.4 Å². The topological polar surface area (TPSA) is 125 Å². The summed E-state index contributed by atoms with van der Waals surface area (Å²) in [6.45, 7) is 0. The van der Waals surface area contributed by atoms with Crippen LogP contribution >= 0.6 is 11.6 Å². The van der Waals surface area contributed by atoms with Crippen molar-refractivity contribution in [2.75, 3.05) is 11.5 Å². The number of sulfone groups is 1. The number of halogens is 1. The van der Waals surface area contributed by atoms with Crippen molar-refractivity contribution in [2.24, 2.45) is 0 Å². The molecule has 0 aliphatic rings. The van der Waals surface area contributed by atoms with E-state index in [4.69, 9.17) is 23.1 Å². The summed E-state index contributed by atoms with van der Waals surface area (Å²) in [6.07, 6.45) is 0. The maximum Gasteiger partial charge on any atom is 0.223 e. The molecule has 0 saturated heterocycles. The summed E-state index contributed by atoms with van der Waals surface area (Å²) in [6, 6.07) is 8.64. The van der Waals surface area contributed by atoms with Crippen LogP contribution in [-0.4, -0.2) is 23.4 Å². The highest BCUT2D eigenvalue weighted by Crippen LogP contribution is 2.24. The van der Waals surface area contributed by atoms with Gasteiger partial charge in [0.25, 0.3) is 0 Å². The average Bonchev–Trinajstić information content (AvgIpc) is 2.47. The number of rotatable bonds is 2. The number of nitrogen functional groups attached to an aromatic ring is 2. The van der Waals surface area contributed by atoms with Gasteiger partial charge in [0.2, 0.25) is 15.8 Å². The standard InChI is InChI=1S/C13H10ClN5O2S/c14-7-1-3-8(4-2-7)22(20,21)10-6-5-9-11(18-10)12(15)19-13(16)17-9/h1-6H,(H4,15,16,17,19). The second-order valence-electron chi connectivity index (χ2n) is 4.44. The van der Waals surface area contributed by atoms with E-state index in [0.29, 0.717) is 10.5 Å². The van der Waals surface area contributed by atoms with Gasteiger partial charge in [-0.25, -0.2) is 18.4 Å². The zero-order valence-corrected chi connectivity index (χ0v) is 12.6. The number of aromatic nitrogens is 3. The van der Waals surface area contributed by atoms with E-state index in [2.05, 4.69) is 15.0 Å². The minimum atomic E-state index is -3.79. The van der Waals surface area contributed by atoms with Gasteiger partial charge >= 0.3 is 0 Å². The maximum atomic E-state index is 12.6. The molecule has 4 N–H and O–H groups in total. The van der Waals surface area contributed by atoms with Gasteiger partial charge in [0.1, 0.15) is 5.52 Å². The van der Waals surface area contributed by atoms with Gasteiger partial charge in [0.05, 0.1) is 10.4 Å². The van der Waals surface area contributed by atoms with Gasteiger partial charge in [-0.2, -0.15) is 4.98 Å². The molecule has 7 nitrogen and oxygen atoms in total. The first-order chi connectivity index (χ1) is 10.4. The molecular weight excluding hydrogens is 326 g/mol. The van der Waals surface area contributed by atoms with Gasteiger partial charge in [-0.1, -0.05) is 11.6 Å². The van der Waals surface area contributed by atoms with Crippen LogP contribution in [0, 0.1) is 0 Å². The Labute approximate surface area is 130 Å². The van der Waals surface area contributed by atoms with E-state index in [1.54, 1.807) is 0 Å². The maximum absolute atomic E-state index is 12.6. The van der Waals surface area contributed by atoms with E-state index < -0.39 is 9.84 Å². The van der Waals surface area contributed by atoms with Crippen molar-refractivity contribution >= 4 is 44.2 Å². The third-order valence-corrected chi connectivity index (χ3v) is 4.88. The van der Waals surface area contributed by atoms with Crippen molar-refractivity contribution < 1.29 is 8.42 Å². The highest BCUT2D eigenvalue weighted by Gasteiger charge is 2.20. The van der Waals surface area contributed by atoms with Gasteiger partial charge in [-0.15, -0.1) is 0 Å². The smallest absolute Gasteiger partial charge is 0.223 e. The number of pyridine rings is 1. The fourth-order valence-corrected chi connectivity index (χ4v) is 3.24. The van der Waals surface area contributed by atoms with Crippen LogP contribution in [0.2, 0.25) is 5.02 Å². The molecule has 22 heavy (non-hydrogen) atoms. The van der Waals surface area contributed by atoms with Crippen LogP contribution in [0.15, 0.2) is 46.3 Å². The molecular formula is C13H10ClN5O2S. The number of benzene rings is 1. The summed E-state index contributed by atoms with van der Waals surface area (Å²) in [7, 11) is -3.79. The molecule has 0 spiro atoms. The Hall–Kier alpha value is -2.45. The van der Waals surface area contributed by atoms with E-state index in [9.17, 15) is 8.42 Å². The lowest BCUT2D eigenvalue weighted by Crippen LogP contribution is -2.07. The third kappa shape index (κ3) is 2.42. The van der Waals surface area contributed by atoms with E-state index >= 15 is 0 Å². The van der Waals surface area contributed by atoms with Crippen molar-refractivity contribution in [1.29, 1.82) is 0 Å². The molecule has 112 valence electrons. The Morgan fingerprint density at radius 3 is 2.27 bits per heavy atom. The molecule has 0 radical (unpaired) electrons. The molecule has 2 aromatic heterocycles. The second kappa shape index (κ2) is 5.08. The lowest BCUT2D eigenvalue weighted by Gasteiger charge is -2.06. The molecule has 3 aromatic rings. The zero-order valence-electron chi connectivity index (χ0n) is 11.1. The third-order valence-electron chi connectivity index (χ3n) is 2.96. The van der Waals surface area contributed by atoms with Crippen molar-refractivity contribution in [2.45, 2.75) is 9.92 Å². The average molecular weight is 336 g/mol. The molecule has 0 amide bonds. The van der Waals surface area contributed by atoms with Crippen LogP contribution in [0.3, 0.4) is 0 Å². The Kier molecular flexibility index (Phi) is 3.34. The second-order valence-corrected chi connectivity index (χ2v) is 6.77. The van der Waals surface area contributed by atoms with E-state index in [1.165, 1.54) is 36.4 Å². The fraction of sp³-hybridized carbons (Fsp3) is 0. The molecule has 0 aliphatic carbocycles. The minimum absolute atomic E-state index is 0.000100. The Balaban J connectivity index is 2.19. The number of nitrogens with two attached hydrogens (primary N) is 2. The van der Waals surface area contributed by atoms with Crippen LogP contribution in [0.4, 0.5) is 11.8 Å². The van der Waals surface area contributed by atoms with Crippen molar-refractivity contribution in [3.63, 3.8) is 0 Å². The van der Waals surface area contributed by atoms with Gasteiger partial charge < -0.3 is 11.5 Å². The van der Waals surface area contributed by atoms with E-state index in [-0.39, 0.29) is 27.2 Å². The summed E-state index contributed by atoms with van der Waals surface area (Å²) in [5.41, 5.74) is 11.8. The van der Waals surface area contributed by atoms with E-state index in [0.717, 1.165) is 0 Å². The summed E-state index contributed by atoms with van der Waals surface area (Å²) >= 11 is 5.77.